The lowest BCUT2D eigenvalue weighted by atomic mass is 10.1. The number of nitrogens with zero attached hydrogens (tertiary/aromatic N) is 2. The number of methoxy groups -OCH3 is 1. The lowest BCUT2D eigenvalue weighted by Gasteiger charge is -2.17. The van der Waals surface area contributed by atoms with Crippen LogP contribution in [0.5, 0.6) is 5.88 Å². The number of carbonyl (C=O) groups excluding carboxylic acids is 2. The molecule has 0 bridgehead atoms. The molecule has 2 amide bonds. The van der Waals surface area contributed by atoms with Gasteiger partial charge in [0.05, 0.1) is 13.0 Å². The molecular formula is C18H18BrN3O3. The number of carbonyl (C=O) groups is 2. The van der Waals surface area contributed by atoms with Gasteiger partial charge in [0, 0.05) is 41.9 Å². The minimum atomic E-state index is -0.352. The van der Waals surface area contributed by atoms with E-state index in [1.54, 1.807) is 24.3 Å². The third-order valence-corrected chi connectivity index (χ3v) is 4.58. The average molecular weight is 404 g/mol. The molecule has 1 unspecified atom stereocenters. The van der Waals surface area contributed by atoms with Gasteiger partial charge >= 0.3 is 0 Å². The Kier molecular flexibility index (Phi) is 5.33. The maximum Gasteiger partial charge on any atom is 0.227 e. The lowest BCUT2D eigenvalue weighted by Crippen LogP contribution is -2.32. The van der Waals surface area contributed by atoms with E-state index in [9.17, 15) is 9.59 Å². The number of nitrogens with one attached hydrogen (secondary N) is 1. The number of ether oxygens (including phenoxy) is 1. The lowest BCUT2D eigenvalue weighted by molar-refractivity contribution is -0.126. The third-order valence-electron chi connectivity index (χ3n) is 4.09. The molecule has 1 aromatic carbocycles. The molecule has 0 saturated carbocycles. The highest BCUT2D eigenvalue weighted by molar-refractivity contribution is 9.10. The summed E-state index contributed by atoms with van der Waals surface area (Å²) in [6.45, 7) is 0.764. The van der Waals surface area contributed by atoms with Gasteiger partial charge in [-0.15, -0.1) is 0 Å². The molecule has 2 heterocycles. The van der Waals surface area contributed by atoms with Gasteiger partial charge in [0.25, 0.3) is 0 Å². The first-order valence-corrected chi connectivity index (χ1v) is 8.68. The Labute approximate surface area is 154 Å². The fourth-order valence-electron chi connectivity index (χ4n) is 2.78. The Morgan fingerprint density at radius 3 is 3.00 bits per heavy atom. The second kappa shape index (κ2) is 7.65. The van der Waals surface area contributed by atoms with Crippen molar-refractivity contribution in [1.82, 2.24) is 10.3 Å². The molecule has 25 heavy (non-hydrogen) atoms. The Morgan fingerprint density at radius 1 is 1.40 bits per heavy atom. The summed E-state index contributed by atoms with van der Waals surface area (Å²) in [5, 5.41) is 2.89. The Hall–Kier alpha value is -2.41. The Balaban J connectivity index is 1.61. The maximum absolute atomic E-state index is 12.4. The van der Waals surface area contributed by atoms with Crippen molar-refractivity contribution in [3.8, 4) is 5.88 Å². The third kappa shape index (κ3) is 4.17. The first-order chi connectivity index (χ1) is 12.1. The molecule has 1 aliphatic rings. The minimum absolute atomic E-state index is 0.0381. The number of pyridine rings is 1. The summed E-state index contributed by atoms with van der Waals surface area (Å²) in [4.78, 5) is 30.4. The fourth-order valence-corrected chi connectivity index (χ4v) is 3.17. The first kappa shape index (κ1) is 17.4. The van der Waals surface area contributed by atoms with Gasteiger partial charge in [-0.25, -0.2) is 4.98 Å². The second-order valence-corrected chi connectivity index (χ2v) is 6.73. The van der Waals surface area contributed by atoms with Gasteiger partial charge in [-0.1, -0.05) is 22.0 Å². The van der Waals surface area contributed by atoms with Crippen molar-refractivity contribution in [1.29, 1.82) is 0 Å². The van der Waals surface area contributed by atoms with E-state index in [2.05, 4.69) is 26.2 Å². The van der Waals surface area contributed by atoms with Crippen LogP contribution in [0, 0.1) is 5.92 Å². The van der Waals surface area contributed by atoms with Crippen molar-refractivity contribution in [2.24, 2.45) is 5.92 Å². The first-order valence-electron chi connectivity index (χ1n) is 7.89. The van der Waals surface area contributed by atoms with Gasteiger partial charge in [-0.3, -0.25) is 9.59 Å². The van der Waals surface area contributed by atoms with Gasteiger partial charge in [-0.2, -0.15) is 0 Å². The van der Waals surface area contributed by atoms with Crippen LogP contribution in [0.1, 0.15) is 12.0 Å². The monoisotopic (exact) mass is 403 g/mol. The summed E-state index contributed by atoms with van der Waals surface area (Å²) >= 11 is 3.40. The number of amides is 2. The van der Waals surface area contributed by atoms with E-state index in [1.165, 1.54) is 0 Å². The number of aromatic nitrogens is 1. The van der Waals surface area contributed by atoms with Crippen molar-refractivity contribution < 1.29 is 14.3 Å². The van der Waals surface area contributed by atoms with E-state index in [0.717, 1.165) is 15.7 Å². The normalized spacial score (nSPS) is 16.8. The molecule has 7 heteroatoms. The molecule has 0 spiro atoms. The quantitative estimate of drug-likeness (QED) is 0.832. The zero-order valence-corrected chi connectivity index (χ0v) is 15.3. The van der Waals surface area contributed by atoms with Gasteiger partial charge in [0.15, 0.2) is 0 Å². The van der Waals surface area contributed by atoms with Crippen molar-refractivity contribution in [2.45, 2.75) is 13.0 Å². The highest BCUT2D eigenvalue weighted by Gasteiger charge is 2.35. The second-order valence-electron chi connectivity index (χ2n) is 5.81. The highest BCUT2D eigenvalue weighted by Crippen LogP contribution is 2.27. The predicted octanol–water partition coefficient (Wildman–Crippen LogP) is 2.52. The smallest absolute Gasteiger partial charge is 0.227 e. The van der Waals surface area contributed by atoms with Crippen LogP contribution in [-0.2, 0) is 16.1 Å². The molecule has 1 aromatic heterocycles. The number of hydrogen-bond donors (Lipinski definition) is 1. The highest BCUT2D eigenvalue weighted by atomic mass is 79.9. The number of benzene rings is 1. The molecule has 6 nitrogen and oxygen atoms in total. The maximum atomic E-state index is 12.4. The number of halogens is 1. The molecule has 1 aliphatic heterocycles. The van der Waals surface area contributed by atoms with E-state index in [-0.39, 0.29) is 24.2 Å². The molecule has 3 rings (SSSR count). The molecule has 1 fully saturated rings. The zero-order valence-electron chi connectivity index (χ0n) is 13.7. The van der Waals surface area contributed by atoms with Crippen LogP contribution in [0.4, 0.5) is 5.69 Å². The van der Waals surface area contributed by atoms with E-state index >= 15 is 0 Å². The molecule has 130 valence electrons. The summed E-state index contributed by atoms with van der Waals surface area (Å²) in [7, 11) is 1.55. The van der Waals surface area contributed by atoms with Gasteiger partial charge in [0.2, 0.25) is 17.7 Å². The van der Waals surface area contributed by atoms with Crippen molar-refractivity contribution in [3.05, 3.63) is 52.6 Å². The Morgan fingerprint density at radius 2 is 2.24 bits per heavy atom. The molecule has 1 saturated heterocycles. The van der Waals surface area contributed by atoms with Crippen LogP contribution in [0.3, 0.4) is 0 Å². The molecule has 1 atom stereocenters. The topological polar surface area (TPSA) is 71.5 Å². The van der Waals surface area contributed by atoms with Crippen LogP contribution in [0.15, 0.2) is 47.1 Å². The number of anilines is 1. The van der Waals surface area contributed by atoms with Gasteiger partial charge < -0.3 is 15.0 Å². The SMILES string of the molecule is COc1cc(CNC(=O)C2CC(=O)N(c3cccc(Br)c3)C2)ccn1. The number of hydrogen-bond acceptors (Lipinski definition) is 4. The zero-order chi connectivity index (χ0) is 17.8. The predicted molar refractivity (Wildman–Crippen MR) is 97.2 cm³/mol. The van der Waals surface area contributed by atoms with E-state index in [0.29, 0.717) is 19.0 Å². The standard InChI is InChI=1S/C18H18BrN3O3/c1-25-16-7-12(5-6-20-16)10-21-18(24)13-8-17(23)22(11-13)15-4-2-3-14(19)9-15/h2-7,9,13H,8,10-11H2,1H3,(H,21,24). The van der Waals surface area contributed by atoms with Crippen molar-refractivity contribution in [2.75, 3.05) is 18.6 Å². The van der Waals surface area contributed by atoms with E-state index < -0.39 is 0 Å². The summed E-state index contributed by atoms with van der Waals surface area (Å²) < 4.78 is 5.97. The van der Waals surface area contributed by atoms with E-state index in [4.69, 9.17) is 4.74 Å². The van der Waals surface area contributed by atoms with Crippen LogP contribution in [0.2, 0.25) is 0 Å². The molecule has 0 aliphatic carbocycles. The van der Waals surface area contributed by atoms with E-state index in [1.807, 2.05) is 30.3 Å². The summed E-state index contributed by atoms with van der Waals surface area (Å²) in [6, 6.07) is 11.1. The average Bonchev–Trinajstić information content (AvgIpc) is 3.02. The van der Waals surface area contributed by atoms with Crippen LogP contribution < -0.4 is 15.0 Å². The van der Waals surface area contributed by atoms with Crippen LogP contribution in [-0.4, -0.2) is 30.5 Å². The van der Waals surface area contributed by atoms with Crippen LogP contribution in [0.25, 0.3) is 0 Å². The molecule has 2 aromatic rings. The largest absolute Gasteiger partial charge is 0.481 e. The summed E-state index contributed by atoms with van der Waals surface area (Å²) in [5.74, 6) is -0.00991. The van der Waals surface area contributed by atoms with Gasteiger partial charge in [-0.05, 0) is 29.8 Å². The summed E-state index contributed by atoms with van der Waals surface area (Å²) in [6.07, 6.45) is 1.85. The van der Waals surface area contributed by atoms with Crippen LogP contribution >= 0.6 is 15.9 Å². The molecule has 1 N–H and O–H groups in total. The van der Waals surface area contributed by atoms with Crippen molar-refractivity contribution >= 4 is 33.4 Å². The Bertz CT molecular complexity index is 797. The fraction of sp³-hybridized carbons (Fsp3) is 0.278. The summed E-state index contributed by atoms with van der Waals surface area (Å²) in [5.41, 5.74) is 1.70. The molecular weight excluding hydrogens is 386 g/mol. The minimum Gasteiger partial charge on any atom is -0.481 e. The molecule has 0 radical (unpaired) electrons. The van der Waals surface area contributed by atoms with Crippen molar-refractivity contribution in [3.63, 3.8) is 0 Å². The van der Waals surface area contributed by atoms with Gasteiger partial charge in [0.1, 0.15) is 0 Å². The number of rotatable bonds is 5.